The lowest BCUT2D eigenvalue weighted by molar-refractivity contribution is 0.0701. The van der Waals surface area contributed by atoms with Gasteiger partial charge in [0.25, 0.3) is 5.91 Å². The molecule has 1 fully saturated rings. The van der Waals surface area contributed by atoms with Gasteiger partial charge in [0.15, 0.2) is 0 Å². The van der Waals surface area contributed by atoms with Crippen LogP contribution >= 0.6 is 0 Å². The van der Waals surface area contributed by atoms with E-state index in [0.717, 1.165) is 25.2 Å². The zero-order valence-corrected chi connectivity index (χ0v) is 14.0. The lowest BCUT2D eigenvalue weighted by Crippen LogP contribution is -2.40. The minimum Gasteiger partial charge on any atom is -0.363 e. The van der Waals surface area contributed by atoms with Gasteiger partial charge in [-0.05, 0) is 36.6 Å². The molecule has 126 valence electrons. The summed E-state index contributed by atoms with van der Waals surface area (Å²) >= 11 is 0. The molecule has 6 nitrogen and oxygen atoms in total. The Morgan fingerprint density at radius 2 is 2.17 bits per heavy atom. The van der Waals surface area contributed by atoms with Gasteiger partial charge in [-0.2, -0.15) is 0 Å². The number of likely N-dealkylation sites (tertiary alicyclic amines) is 1. The van der Waals surface area contributed by atoms with Crippen LogP contribution in [0.3, 0.4) is 0 Å². The molecule has 0 bridgehead atoms. The van der Waals surface area contributed by atoms with Gasteiger partial charge in [0.05, 0.1) is 0 Å². The second kappa shape index (κ2) is 6.86. The summed E-state index contributed by atoms with van der Waals surface area (Å²) in [6.45, 7) is 1.38. The molecule has 2 aromatic rings. The summed E-state index contributed by atoms with van der Waals surface area (Å²) in [6.07, 6.45) is 3.82. The summed E-state index contributed by atoms with van der Waals surface area (Å²) in [5.41, 5.74) is 1.30. The zero-order valence-electron chi connectivity index (χ0n) is 14.0. The molecule has 6 heteroatoms. The Morgan fingerprint density at radius 1 is 1.33 bits per heavy atom. The fraction of sp³-hybridized carbons (Fsp3) is 0.389. The standard InChI is InChI=1S/C18H22N4O2/c1-21(2)16-11-13(8-9-19-16)14-5-4-10-22(12-14)18(24)15-6-3-7-17(23)20-15/h3,6-9,11,14H,4-5,10,12H2,1-2H3,(H,20,23). The van der Waals surface area contributed by atoms with E-state index in [1.807, 2.05) is 36.2 Å². The van der Waals surface area contributed by atoms with E-state index in [1.165, 1.54) is 11.6 Å². The number of hydrogen-bond acceptors (Lipinski definition) is 4. The van der Waals surface area contributed by atoms with E-state index in [9.17, 15) is 9.59 Å². The minimum absolute atomic E-state index is 0.112. The number of rotatable bonds is 3. The molecule has 24 heavy (non-hydrogen) atoms. The molecule has 0 saturated carbocycles. The molecular formula is C18H22N4O2. The van der Waals surface area contributed by atoms with Crippen LogP contribution in [0.5, 0.6) is 0 Å². The normalized spacial score (nSPS) is 17.6. The largest absolute Gasteiger partial charge is 0.363 e. The molecule has 0 radical (unpaired) electrons. The van der Waals surface area contributed by atoms with Crippen molar-refractivity contribution in [3.05, 3.63) is 58.1 Å². The van der Waals surface area contributed by atoms with Crippen LogP contribution in [0.4, 0.5) is 5.82 Å². The minimum atomic E-state index is -0.251. The molecule has 1 atom stereocenters. The Morgan fingerprint density at radius 3 is 2.92 bits per heavy atom. The van der Waals surface area contributed by atoms with Crippen molar-refractivity contribution in [3.8, 4) is 0 Å². The number of pyridine rings is 2. The number of aromatic amines is 1. The summed E-state index contributed by atoms with van der Waals surface area (Å²) in [7, 11) is 3.93. The lowest BCUT2D eigenvalue weighted by Gasteiger charge is -2.33. The molecule has 3 rings (SSSR count). The number of carbonyl (C=O) groups excluding carboxylic acids is 1. The Labute approximate surface area is 141 Å². The number of nitrogens with one attached hydrogen (secondary N) is 1. The highest BCUT2D eigenvalue weighted by Crippen LogP contribution is 2.28. The van der Waals surface area contributed by atoms with Crippen LogP contribution in [0.15, 0.2) is 41.3 Å². The fourth-order valence-corrected chi connectivity index (χ4v) is 3.11. The number of hydrogen-bond donors (Lipinski definition) is 1. The maximum Gasteiger partial charge on any atom is 0.270 e. The van der Waals surface area contributed by atoms with Crippen LogP contribution in [0.2, 0.25) is 0 Å². The van der Waals surface area contributed by atoms with Gasteiger partial charge in [-0.25, -0.2) is 4.98 Å². The van der Waals surface area contributed by atoms with Crippen molar-refractivity contribution < 1.29 is 4.79 Å². The summed E-state index contributed by atoms with van der Waals surface area (Å²) < 4.78 is 0. The van der Waals surface area contributed by atoms with Crippen molar-refractivity contribution in [3.63, 3.8) is 0 Å². The second-order valence-corrected chi connectivity index (χ2v) is 6.36. The molecule has 3 heterocycles. The molecule has 1 amide bonds. The third-order valence-electron chi connectivity index (χ3n) is 4.41. The van der Waals surface area contributed by atoms with Gasteiger partial charge in [-0.1, -0.05) is 6.07 Å². The topological polar surface area (TPSA) is 69.3 Å². The van der Waals surface area contributed by atoms with Crippen LogP contribution in [-0.4, -0.2) is 48.0 Å². The molecule has 2 aromatic heterocycles. The highest BCUT2D eigenvalue weighted by Gasteiger charge is 2.26. The molecule has 1 unspecified atom stereocenters. The first-order chi connectivity index (χ1) is 11.5. The van der Waals surface area contributed by atoms with Crippen molar-refractivity contribution in [2.75, 3.05) is 32.1 Å². The van der Waals surface area contributed by atoms with Gasteiger partial charge in [-0.15, -0.1) is 0 Å². The number of aromatic nitrogens is 2. The van der Waals surface area contributed by atoms with E-state index in [-0.39, 0.29) is 11.5 Å². The summed E-state index contributed by atoms with van der Waals surface area (Å²) in [4.78, 5) is 34.8. The van der Waals surface area contributed by atoms with Crippen LogP contribution in [0, 0.1) is 0 Å². The van der Waals surface area contributed by atoms with E-state index >= 15 is 0 Å². The maximum absolute atomic E-state index is 12.6. The third kappa shape index (κ3) is 3.48. The van der Waals surface area contributed by atoms with E-state index in [1.54, 1.807) is 12.1 Å². The number of anilines is 1. The Hall–Kier alpha value is -2.63. The third-order valence-corrected chi connectivity index (χ3v) is 4.41. The smallest absolute Gasteiger partial charge is 0.270 e. The Balaban J connectivity index is 1.78. The first kappa shape index (κ1) is 16.2. The lowest BCUT2D eigenvalue weighted by atomic mass is 9.91. The SMILES string of the molecule is CN(C)c1cc(C2CCCN(C(=O)c3cccc(=O)[nH]3)C2)ccn1. The van der Waals surface area contributed by atoms with Crippen molar-refractivity contribution >= 4 is 11.7 Å². The highest BCUT2D eigenvalue weighted by atomic mass is 16.2. The number of piperidine rings is 1. The first-order valence-electron chi connectivity index (χ1n) is 8.16. The van der Waals surface area contributed by atoms with Crippen molar-refractivity contribution in [2.24, 2.45) is 0 Å². The zero-order chi connectivity index (χ0) is 17.1. The number of carbonyl (C=O) groups is 1. The van der Waals surface area contributed by atoms with Gasteiger partial charge < -0.3 is 14.8 Å². The second-order valence-electron chi connectivity index (χ2n) is 6.36. The van der Waals surface area contributed by atoms with Gasteiger partial charge >= 0.3 is 0 Å². The van der Waals surface area contributed by atoms with Crippen LogP contribution in [0.25, 0.3) is 0 Å². The van der Waals surface area contributed by atoms with Crippen molar-refractivity contribution in [2.45, 2.75) is 18.8 Å². The fourth-order valence-electron chi connectivity index (χ4n) is 3.11. The average Bonchev–Trinajstić information content (AvgIpc) is 2.61. The molecule has 1 saturated heterocycles. The van der Waals surface area contributed by atoms with Gasteiger partial charge in [0.2, 0.25) is 5.56 Å². The van der Waals surface area contributed by atoms with E-state index in [0.29, 0.717) is 18.2 Å². The number of nitrogens with zero attached hydrogens (tertiary/aromatic N) is 3. The first-order valence-corrected chi connectivity index (χ1v) is 8.16. The summed E-state index contributed by atoms with van der Waals surface area (Å²) in [6, 6.07) is 8.79. The Bertz CT molecular complexity index is 784. The number of H-pyrrole nitrogens is 1. The molecule has 0 aromatic carbocycles. The molecule has 1 N–H and O–H groups in total. The van der Waals surface area contributed by atoms with Crippen LogP contribution < -0.4 is 10.5 Å². The quantitative estimate of drug-likeness (QED) is 0.935. The van der Waals surface area contributed by atoms with E-state index in [2.05, 4.69) is 16.0 Å². The Kier molecular flexibility index (Phi) is 4.64. The average molecular weight is 326 g/mol. The molecule has 0 aliphatic carbocycles. The highest BCUT2D eigenvalue weighted by molar-refractivity contribution is 5.92. The van der Waals surface area contributed by atoms with E-state index in [4.69, 9.17) is 0 Å². The molecular weight excluding hydrogens is 304 g/mol. The molecule has 1 aliphatic heterocycles. The molecule has 0 spiro atoms. The number of amides is 1. The van der Waals surface area contributed by atoms with Crippen molar-refractivity contribution in [1.82, 2.24) is 14.9 Å². The predicted octanol–water partition coefficient (Wildman–Crippen LogP) is 1.86. The van der Waals surface area contributed by atoms with E-state index < -0.39 is 0 Å². The van der Waals surface area contributed by atoms with Crippen LogP contribution in [-0.2, 0) is 0 Å². The molecule has 1 aliphatic rings. The van der Waals surface area contributed by atoms with Crippen molar-refractivity contribution in [1.29, 1.82) is 0 Å². The monoisotopic (exact) mass is 326 g/mol. The summed E-state index contributed by atoms with van der Waals surface area (Å²) in [5.74, 6) is 1.10. The predicted molar refractivity (Wildman–Crippen MR) is 93.5 cm³/mol. The summed E-state index contributed by atoms with van der Waals surface area (Å²) in [5, 5.41) is 0. The van der Waals surface area contributed by atoms with Gasteiger partial charge in [0.1, 0.15) is 11.5 Å². The maximum atomic E-state index is 12.6. The van der Waals surface area contributed by atoms with Gasteiger partial charge in [-0.3, -0.25) is 9.59 Å². The van der Waals surface area contributed by atoms with Crippen LogP contribution in [0.1, 0.15) is 34.8 Å². The van der Waals surface area contributed by atoms with Gasteiger partial charge in [0, 0.05) is 45.4 Å².